The molecule has 1 saturated heterocycles. The van der Waals surface area contributed by atoms with Crippen LogP contribution < -0.4 is 16.1 Å². The largest absolute Gasteiger partial charge is 0.366 e. The number of carbonyl (C=O) groups excluding carboxylic acids is 1. The van der Waals surface area contributed by atoms with Crippen LogP contribution in [0.3, 0.4) is 0 Å². The maximum atomic E-state index is 13.8. The first-order valence-electron chi connectivity index (χ1n) is 7.63. The van der Waals surface area contributed by atoms with E-state index in [0.29, 0.717) is 31.9 Å². The molecule has 1 aliphatic heterocycles. The van der Waals surface area contributed by atoms with Crippen molar-refractivity contribution in [1.82, 2.24) is 14.9 Å². The summed E-state index contributed by atoms with van der Waals surface area (Å²) in [6.45, 7) is 1.97. The molecule has 2 heterocycles. The number of nitrogens with zero attached hydrogens (tertiary/aromatic N) is 2. The second-order valence-corrected chi connectivity index (χ2v) is 5.61. The highest BCUT2D eigenvalue weighted by Crippen LogP contribution is 2.20. The molecular weight excluding hydrogens is 315 g/mol. The highest BCUT2D eigenvalue weighted by Gasteiger charge is 2.22. The summed E-state index contributed by atoms with van der Waals surface area (Å²) in [7, 11) is 0. The van der Waals surface area contributed by atoms with E-state index >= 15 is 0 Å². The zero-order valence-electron chi connectivity index (χ0n) is 12.9. The van der Waals surface area contributed by atoms with Gasteiger partial charge in [0.2, 0.25) is 5.91 Å². The molecule has 0 saturated carbocycles. The van der Waals surface area contributed by atoms with E-state index in [9.17, 15) is 18.8 Å². The number of halogens is 1. The summed E-state index contributed by atoms with van der Waals surface area (Å²) >= 11 is 0. The Kier molecular flexibility index (Phi) is 4.45. The van der Waals surface area contributed by atoms with E-state index in [0.717, 1.165) is 0 Å². The quantitative estimate of drug-likeness (QED) is 0.834. The lowest BCUT2D eigenvalue weighted by molar-refractivity contribution is -0.130. The van der Waals surface area contributed by atoms with Crippen LogP contribution in [0.5, 0.6) is 0 Å². The summed E-state index contributed by atoms with van der Waals surface area (Å²) in [6, 6.07) is 7.75. The minimum Gasteiger partial charge on any atom is -0.366 e. The van der Waals surface area contributed by atoms with Gasteiger partial charge < -0.3 is 14.8 Å². The van der Waals surface area contributed by atoms with Crippen molar-refractivity contribution in [2.75, 3.05) is 31.1 Å². The first-order valence-corrected chi connectivity index (χ1v) is 7.63. The Labute approximate surface area is 136 Å². The van der Waals surface area contributed by atoms with Crippen LogP contribution in [0.1, 0.15) is 5.69 Å². The summed E-state index contributed by atoms with van der Waals surface area (Å²) in [6.07, 6.45) is -0.0428. The minimum absolute atomic E-state index is 0.0428. The fourth-order valence-corrected chi connectivity index (χ4v) is 2.79. The number of carbonyl (C=O) groups is 1. The van der Waals surface area contributed by atoms with Crippen molar-refractivity contribution >= 4 is 11.6 Å². The molecule has 1 aromatic carbocycles. The third-order valence-corrected chi connectivity index (χ3v) is 3.98. The Hall–Kier alpha value is -2.90. The lowest BCUT2D eigenvalue weighted by atomic mass is 10.2. The van der Waals surface area contributed by atoms with E-state index in [4.69, 9.17) is 0 Å². The smallest absolute Gasteiger partial charge is 0.325 e. The van der Waals surface area contributed by atoms with E-state index in [1.807, 2.05) is 4.90 Å². The second-order valence-electron chi connectivity index (χ2n) is 5.61. The van der Waals surface area contributed by atoms with Gasteiger partial charge >= 0.3 is 5.69 Å². The molecule has 126 valence electrons. The highest BCUT2D eigenvalue weighted by atomic mass is 19.1. The maximum absolute atomic E-state index is 13.8. The number of H-pyrrole nitrogens is 2. The number of aromatic nitrogens is 2. The van der Waals surface area contributed by atoms with Crippen LogP contribution in [0.2, 0.25) is 0 Å². The molecule has 0 spiro atoms. The van der Waals surface area contributed by atoms with Crippen LogP contribution in [0.25, 0.3) is 0 Å². The molecule has 8 heteroatoms. The molecular formula is C16H17FN4O3. The summed E-state index contributed by atoms with van der Waals surface area (Å²) < 4.78 is 13.8. The zero-order valence-corrected chi connectivity index (χ0v) is 12.9. The summed E-state index contributed by atoms with van der Waals surface area (Å²) in [4.78, 5) is 42.8. The van der Waals surface area contributed by atoms with Crippen molar-refractivity contribution in [2.45, 2.75) is 6.42 Å². The van der Waals surface area contributed by atoms with Gasteiger partial charge in [0.25, 0.3) is 5.56 Å². The van der Waals surface area contributed by atoms with Gasteiger partial charge in [-0.05, 0) is 12.1 Å². The standard InChI is InChI=1S/C16H17FN4O3/c17-12-3-1-2-4-13(12)20-5-7-21(8-6-20)15(23)10-11-9-14(22)19-16(24)18-11/h1-4,9H,5-8,10H2,(H2,18,19,22,24). The molecule has 0 bridgehead atoms. The summed E-state index contributed by atoms with van der Waals surface area (Å²) in [5, 5.41) is 0. The fourth-order valence-electron chi connectivity index (χ4n) is 2.79. The summed E-state index contributed by atoms with van der Waals surface area (Å²) in [5.74, 6) is -0.456. The average molecular weight is 332 g/mol. The number of para-hydroxylation sites is 1. The molecule has 1 amide bonds. The molecule has 2 N–H and O–H groups in total. The van der Waals surface area contributed by atoms with Crippen molar-refractivity contribution in [3.63, 3.8) is 0 Å². The van der Waals surface area contributed by atoms with Crippen molar-refractivity contribution in [3.05, 3.63) is 62.7 Å². The van der Waals surface area contributed by atoms with Crippen LogP contribution in [0.15, 0.2) is 39.9 Å². The van der Waals surface area contributed by atoms with Crippen LogP contribution in [0.4, 0.5) is 10.1 Å². The molecule has 1 fully saturated rings. The lowest BCUT2D eigenvalue weighted by Crippen LogP contribution is -2.49. The zero-order chi connectivity index (χ0) is 17.1. The number of anilines is 1. The van der Waals surface area contributed by atoms with Gasteiger partial charge in [0.1, 0.15) is 5.82 Å². The van der Waals surface area contributed by atoms with Gasteiger partial charge in [-0.1, -0.05) is 12.1 Å². The highest BCUT2D eigenvalue weighted by molar-refractivity contribution is 5.78. The molecule has 1 aromatic heterocycles. The molecule has 2 aromatic rings. The molecule has 1 aliphatic rings. The number of piperazine rings is 1. The van der Waals surface area contributed by atoms with Gasteiger partial charge in [0.05, 0.1) is 12.1 Å². The molecule has 0 unspecified atom stereocenters. The van der Waals surface area contributed by atoms with Crippen molar-refractivity contribution in [2.24, 2.45) is 0 Å². The lowest BCUT2D eigenvalue weighted by Gasteiger charge is -2.36. The molecule has 7 nitrogen and oxygen atoms in total. The predicted octanol–water partition coefficient (Wildman–Crippen LogP) is 0.0936. The number of nitrogens with one attached hydrogen (secondary N) is 2. The Bertz CT molecular complexity index is 824. The fraction of sp³-hybridized carbons (Fsp3) is 0.312. The number of rotatable bonds is 3. The van der Waals surface area contributed by atoms with Gasteiger partial charge in [-0.2, -0.15) is 0 Å². The number of aromatic amines is 2. The topological polar surface area (TPSA) is 89.3 Å². The van der Waals surface area contributed by atoms with Crippen molar-refractivity contribution in [1.29, 1.82) is 0 Å². The maximum Gasteiger partial charge on any atom is 0.325 e. The van der Waals surface area contributed by atoms with Gasteiger partial charge in [0, 0.05) is 37.9 Å². The van der Waals surface area contributed by atoms with E-state index in [1.165, 1.54) is 12.1 Å². The molecule has 3 rings (SSSR count). The van der Waals surface area contributed by atoms with Gasteiger partial charge in [-0.25, -0.2) is 9.18 Å². The Morgan fingerprint density at radius 1 is 1.08 bits per heavy atom. The van der Waals surface area contributed by atoms with E-state index in [-0.39, 0.29) is 23.8 Å². The monoisotopic (exact) mass is 332 g/mol. The Balaban J connectivity index is 1.62. The van der Waals surface area contributed by atoms with Gasteiger partial charge in [0.15, 0.2) is 0 Å². The third kappa shape index (κ3) is 3.53. The average Bonchev–Trinajstić information content (AvgIpc) is 2.54. The first kappa shape index (κ1) is 16.0. The third-order valence-electron chi connectivity index (χ3n) is 3.98. The Morgan fingerprint density at radius 2 is 1.79 bits per heavy atom. The van der Waals surface area contributed by atoms with E-state index in [1.54, 1.807) is 23.1 Å². The summed E-state index contributed by atoms with van der Waals surface area (Å²) in [5.41, 5.74) is -0.352. The molecule has 0 aliphatic carbocycles. The Morgan fingerprint density at radius 3 is 2.46 bits per heavy atom. The van der Waals surface area contributed by atoms with Crippen LogP contribution in [0, 0.1) is 5.82 Å². The molecule has 0 radical (unpaired) electrons. The molecule has 0 atom stereocenters. The first-order chi connectivity index (χ1) is 11.5. The SMILES string of the molecule is O=C(Cc1cc(=O)[nH]c(=O)[nH]1)N1CCN(c2ccccc2F)CC1. The van der Waals surface area contributed by atoms with E-state index in [2.05, 4.69) is 9.97 Å². The van der Waals surface area contributed by atoms with Crippen LogP contribution in [-0.4, -0.2) is 47.0 Å². The normalized spacial score (nSPS) is 14.7. The van der Waals surface area contributed by atoms with Crippen LogP contribution >= 0.6 is 0 Å². The predicted molar refractivity (Wildman–Crippen MR) is 86.6 cm³/mol. The minimum atomic E-state index is -0.630. The number of benzene rings is 1. The van der Waals surface area contributed by atoms with Crippen LogP contribution in [-0.2, 0) is 11.2 Å². The molecule has 24 heavy (non-hydrogen) atoms. The number of amides is 1. The van der Waals surface area contributed by atoms with Crippen molar-refractivity contribution in [3.8, 4) is 0 Å². The van der Waals surface area contributed by atoms with Gasteiger partial charge in [-0.15, -0.1) is 0 Å². The number of hydrogen-bond donors (Lipinski definition) is 2. The van der Waals surface area contributed by atoms with Crippen molar-refractivity contribution < 1.29 is 9.18 Å². The van der Waals surface area contributed by atoms with E-state index < -0.39 is 11.2 Å². The van der Waals surface area contributed by atoms with Gasteiger partial charge in [-0.3, -0.25) is 14.6 Å². The number of hydrogen-bond acceptors (Lipinski definition) is 4. The second kappa shape index (κ2) is 6.69.